The van der Waals surface area contributed by atoms with E-state index in [2.05, 4.69) is 15.4 Å². The summed E-state index contributed by atoms with van der Waals surface area (Å²) in [6, 6.07) is 6.05. The molecule has 0 aliphatic rings. The van der Waals surface area contributed by atoms with Gasteiger partial charge in [0.15, 0.2) is 0 Å². The first kappa shape index (κ1) is 17.0. The van der Waals surface area contributed by atoms with E-state index in [4.69, 9.17) is 16.7 Å². The van der Waals surface area contributed by atoms with Crippen LogP contribution in [0.4, 0.5) is 0 Å². The van der Waals surface area contributed by atoms with Crippen LogP contribution in [0.3, 0.4) is 0 Å². The molecule has 0 aliphatic heterocycles. The molecule has 7 nitrogen and oxygen atoms in total. The normalized spacial score (nSPS) is 12.2. The molecular weight excluding hydrogens is 320 g/mol. The van der Waals surface area contributed by atoms with Crippen molar-refractivity contribution in [3.8, 4) is 5.69 Å². The monoisotopic (exact) mass is 336 g/mol. The van der Waals surface area contributed by atoms with Crippen molar-refractivity contribution in [3.63, 3.8) is 0 Å². The van der Waals surface area contributed by atoms with Gasteiger partial charge in [-0.25, -0.2) is 9.67 Å². The number of rotatable bonds is 5. The number of carbonyl (C=O) groups excluding carboxylic acids is 1. The topological polar surface area (TPSA) is 97.1 Å². The summed E-state index contributed by atoms with van der Waals surface area (Å²) in [5.41, 5.74) is 0.607. The Kier molecular flexibility index (Phi) is 5.00. The first-order chi connectivity index (χ1) is 10.8. The zero-order valence-electron chi connectivity index (χ0n) is 12.9. The smallest absolute Gasteiger partial charge is 0.325 e. The van der Waals surface area contributed by atoms with Crippen LogP contribution < -0.4 is 5.32 Å². The zero-order valence-corrected chi connectivity index (χ0v) is 13.7. The van der Waals surface area contributed by atoms with Crippen molar-refractivity contribution in [2.45, 2.75) is 32.7 Å². The van der Waals surface area contributed by atoms with Gasteiger partial charge in [-0.15, -0.1) is 5.10 Å². The quantitative estimate of drug-likeness (QED) is 0.872. The van der Waals surface area contributed by atoms with Crippen LogP contribution in [0.1, 0.15) is 43.1 Å². The summed E-state index contributed by atoms with van der Waals surface area (Å²) in [4.78, 5) is 27.2. The molecule has 0 bridgehead atoms. The van der Waals surface area contributed by atoms with E-state index in [0.717, 1.165) is 0 Å². The fraction of sp³-hybridized carbons (Fsp3) is 0.333. The van der Waals surface area contributed by atoms with Crippen molar-refractivity contribution >= 4 is 23.5 Å². The number of nitrogens with zero attached hydrogens (tertiary/aromatic N) is 3. The molecule has 0 saturated carbocycles. The van der Waals surface area contributed by atoms with Crippen LogP contribution in [0.5, 0.6) is 0 Å². The van der Waals surface area contributed by atoms with Crippen molar-refractivity contribution in [2.24, 2.45) is 0 Å². The molecule has 1 aromatic carbocycles. The van der Waals surface area contributed by atoms with Gasteiger partial charge >= 0.3 is 5.97 Å². The lowest BCUT2D eigenvalue weighted by Gasteiger charge is -2.09. The third-order valence-electron chi connectivity index (χ3n) is 3.15. The molecule has 23 heavy (non-hydrogen) atoms. The maximum Gasteiger partial charge on any atom is 0.325 e. The van der Waals surface area contributed by atoms with E-state index in [0.29, 0.717) is 16.5 Å². The van der Waals surface area contributed by atoms with Crippen LogP contribution >= 0.6 is 11.6 Å². The van der Waals surface area contributed by atoms with Gasteiger partial charge in [0.05, 0.1) is 10.7 Å². The second kappa shape index (κ2) is 6.78. The van der Waals surface area contributed by atoms with Gasteiger partial charge in [0.1, 0.15) is 11.9 Å². The first-order valence-electron chi connectivity index (χ1n) is 7.06. The Hall–Kier alpha value is -2.41. The molecule has 0 fully saturated rings. The third-order valence-corrected chi connectivity index (χ3v) is 3.47. The molecule has 8 heteroatoms. The molecule has 122 valence electrons. The molecule has 0 radical (unpaired) electrons. The number of hydrogen-bond acceptors (Lipinski definition) is 4. The van der Waals surface area contributed by atoms with Gasteiger partial charge in [-0.05, 0) is 19.1 Å². The Labute approximate surface area is 138 Å². The van der Waals surface area contributed by atoms with E-state index in [1.54, 1.807) is 24.3 Å². The summed E-state index contributed by atoms with van der Waals surface area (Å²) in [6.07, 6.45) is 0. The van der Waals surface area contributed by atoms with Crippen LogP contribution in [-0.2, 0) is 4.79 Å². The van der Waals surface area contributed by atoms with Gasteiger partial charge in [0.25, 0.3) is 5.91 Å². The van der Waals surface area contributed by atoms with Gasteiger partial charge < -0.3 is 10.4 Å². The minimum Gasteiger partial charge on any atom is -0.480 e. The van der Waals surface area contributed by atoms with Crippen LogP contribution in [0, 0.1) is 0 Å². The van der Waals surface area contributed by atoms with E-state index < -0.39 is 17.9 Å². The van der Waals surface area contributed by atoms with Gasteiger partial charge in [-0.3, -0.25) is 9.59 Å². The van der Waals surface area contributed by atoms with Crippen molar-refractivity contribution in [2.75, 3.05) is 0 Å². The second-order valence-corrected chi connectivity index (χ2v) is 5.75. The average Bonchev–Trinajstić information content (AvgIpc) is 2.92. The number of benzene rings is 1. The average molecular weight is 337 g/mol. The summed E-state index contributed by atoms with van der Waals surface area (Å²) in [7, 11) is 0. The summed E-state index contributed by atoms with van der Waals surface area (Å²) < 4.78 is 1.51. The lowest BCUT2D eigenvalue weighted by molar-refractivity contribution is -0.138. The summed E-state index contributed by atoms with van der Waals surface area (Å²) >= 11 is 6.18. The molecule has 2 aromatic rings. The number of carboxylic acid groups (broad SMARTS) is 1. The predicted octanol–water partition coefficient (Wildman–Crippen LogP) is 2.25. The fourth-order valence-corrected chi connectivity index (χ4v) is 2.13. The minimum atomic E-state index is -1.13. The maximum atomic E-state index is 12.1. The predicted molar refractivity (Wildman–Crippen MR) is 85.0 cm³/mol. The molecule has 1 aromatic heterocycles. The van der Waals surface area contributed by atoms with E-state index in [1.165, 1.54) is 11.6 Å². The van der Waals surface area contributed by atoms with Gasteiger partial charge in [-0.1, -0.05) is 37.6 Å². The van der Waals surface area contributed by atoms with Crippen LogP contribution in [0.25, 0.3) is 5.69 Å². The number of carboxylic acids is 1. The van der Waals surface area contributed by atoms with E-state index in [1.807, 2.05) is 13.8 Å². The molecule has 2 rings (SSSR count). The van der Waals surface area contributed by atoms with Gasteiger partial charge in [0, 0.05) is 5.92 Å². The zero-order chi connectivity index (χ0) is 17.1. The Bertz CT molecular complexity index is 742. The fourth-order valence-electron chi connectivity index (χ4n) is 1.92. The summed E-state index contributed by atoms with van der Waals surface area (Å²) in [5, 5.41) is 15.9. The first-order valence-corrected chi connectivity index (χ1v) is 7.44. The molecule has 0 aliphatic carbocycles. The number of amides is 1. The molecule has 1 heterocycles. The minimum absolute atomic E-state index is 0.00257. The number of halogens is 1. The number of nitrogens with one attached hydrogen (secondary N) is 1. The van der Waals surface area contributed by atoms with Crippen LogP contribution in [0.2, 0.25) is 5.02 Å². The number of aliphatic carboxylic acids is 1. The Morgan fingerprint density at radius 2 is 1.91 bits per heavy atom. The van der Waals surface area contributed by atoms with E-state index in [-0.39, 0.29) is 11.7 Å². The summed E-state index contributed by atoms with van der Waals surface area (Å²) in [5.74, 6) is -1.31. The molecule has 2 N–H and O–H groups in total. The number of aromatic nitrogens is 3. The molecule has 1 atom stereocenters. The molecule has 1 amide bonds. The Balaban J connectivity index is 2.42. The summed E-state index contributed by atoms with van der Waals surface area (Å²) in [6.45, 7) is 5.20. The standard InChI is InChI=1S/C15H17ClN4O3/c1-8(2)13-18-12(14(21)17-9(3)15(22)23)19-20(13)11-7-5-4-6-10(11)16/h4-9H,1-3H3,(H,17,21)(H,22,23). The van der Waals surface area contributed by atoms with Crippen molar-refractivity contribution < 1.29 is 14.7 Å². The molecular formula is C15H17ClN4O3. The highest BCUT2D eigenvalue weighted by Crippen LogP contribution is 2.23. The molecule has 1 unspecified atom stereocenters. The van der Waals surface area contributed by atoms with E-state index >= 15 is 0 Å². The highest BCUT2D eigenvalue weighted by molar-refractivity contribution is 6.32. The Morgan fingerprint density at radius 1 is 1.26 bits per heavy atom. The second-order valence-electron chi connectivity index (χ2n) is 5.34. The van der Waals surface area contributed by atoms with Crippen molar-refractivity contribution in [1.29, 1.82) is 0 Å². The third kappa shape index (κ3) is 3.68. The van der Waals surface area contributed by atoms with Gasteiger partial charge in [-0.2, -0.15) is 0 Å². The van der Waals surface area contributed by atoms with Crippen molar-refractivity contribution in [1.82, 2.24) is 20.1 Å². The maximum absolute atomic E-state index is 12.1. The Morgan fingerprint density at radius 3 is 2.48 bits per heavy atom. The van der Waals surface area contributed by atoms with Gasteiger partial charge in [0.2, 0.25) is 5.82 Å². The van der Waals surface area contributed by atoms with Crippen LogP contribution in [0.15, 0.2) is 24.3 Å². The number of hydrogen-bond donors (Lipinski definition) is 2. The van der Waals surface area contributed by atoms with Crippen LogP contribution in [-0.4, -0.2) is 37.8 Å². The highest BCUT2D eigenvalue weighted by Gasteiger charge is 2.23. The number of para-hydroxylation sites is 1. The highest BCUT2D eigenvalue weighted by atomic mass is 35.5. The lowest BCUT2D eigenvalue weighted by Crippen LogP contribution is -2.38. The SMILES string of the molecule is CC(NC(=O)c1nc(C(C)C)n(-c2ccccc2Cl)n1)C(=O)O. The largest absolute Gasteiger partial charge is 0.480 e. The molecule has 0 saturated heterocycles. The van der Waals surface area contributed by atoms with E-state index in [9.17, 15) is 9.59 Å². The lowest BCUT2D eigenvalue weighted by atomic mass is 10.2. The molecule has 0 spiro atoms. The van der Waals surface area contributed by atoms with Crippen molar-refractivity contribution in [3.05, 3.63) is 40.9 Å². The number of carbonyl (C=O) groups is 2.